The predicted molar refractivity (Wildman–Crippen MR) is 134 cm³/mol. The number of aromatic nitrogens is 4. The first-order valence-corrected chi connectivity index (χ1v) is 14.3. The summed E-state index contributed by atoms with van der Waals surface area (Å²) >= 11 is 1.37. The number of thiazole rings is 1. The zero-order valence-corrected chi connectivity index (χ0v) is 21.0. The monoisotopic (exact) mass is 531 g/mol. The van der Waals surface area contributed by atoms with Crippen LogP contribution in [0.3, 0.4) is 0 Å². The second-order valence-electron chi connectivity index (χ2n) is 9.10. The van der Waals surface area contributed by atoms with Gasteiger partial charge in [0, 0.05) is 35.8 Å². The Hall–Kier alpha value is -3.03. The SMILES string of the molecule is O=C(NCc1cnc(-c2ccc(NCC3(c4ncccc4F)CCC3)nn2)s1)[C@H]1CS(=O)(=O)CCN1. The smallest absolute Gasteiger partial charge is 0.238 e. The van der Waals surface area contributed by atoms with E-state index in [1.807, 2.05) is 12.1 Å². The van der Waals surface area contributed by atoms with Crippen LogP contribution in [0.4, 0.5) is 10.2 Å². The molecular weight excluding hydrogens is 505 g/mol. The van der Waals surface area contributed by atoms with Crippen molar-refractivity contribution in [2.24, 2.45) is 0 Å². The number of sulfone groups is 1. The molecule has 1 saturated heterocycles. The van der Waals surface area contributed by atoms with Crippen molar-refractivity contribution in [1.29, 1.82) is 0 Å². The molecule has 0 bridgehead atoms. The van der Waals surface area contributed by atoms with E-state index in [0.717, 1.165) is 24.1 Å². The number of anilines is 1. The topological polar surface area (TPSA) is 139 Å². The molecule has 4 heterocycles. The number of nitrogens with zero attached hydrogens (tertiary/aromatic N) is 4. The van der Waals surface area contributed by atoms with Crippen molar-refractivity contribution in [2.45, 2.75) is 37.3 Å². The van der Waals surface area contributed by atoms with Gasteiger partial charge in [0.1, 0.15) is 28.4 Å². The molecule has 0 aromatic carbocycles. The number of rotatable bonds is 8. The van der Waals surface area contributed by atoms with Gasteiger partial charge in [-0.15, -0.1) is 21.5 Å². The van der Waals surface area contributed by atoms with Crippen LogP contribution >= 0.6 is 11.3 Å². The first-order chi connectivity index (χ1) is 17.3. The molecule has 3 N–H and O–H groups in total. The molecule has 1 amide bonds. The van der Waals surface area contributed by atoms with Crippen LogP contribution in [0.2, 0.25) is 0 Å². The zero-order valence-electron chi connectivity index (χ0n) is 19.4. The van der Waals surface area contributed by atoms with Gasteiger partial charge in [-0.05, 0) is 37.1 Å². The summed E-state index contributed by atoms with van der Waals surface area (Å²) in [5.74, 6) is -0.191. The molecule has 10 nitrogen and oxygen atoms in total. The van der Waals surface area contributed by atoms with Gasteiger partial charge in [0.05, 0.1) is 23.7 Å². The van der Waals surface area contributed by atoms with Gasteiger partial charge in [-0.3, -0.25) is 9.78 Å². The molecule has 190 valence electrons. The second kappa shape index (κ2) is 10.1. The van der Waals surface area contributed by atoms with Crippen molar-refractivity contribution >= 4 is 32.9 Å². The Labute approximate surface area is 212 Å². The van der Waals surface area contributed by atoms with Crippen LogP contribution in [0.5, 0.6) is 0 Å². The first-order valence-electron chi connectivity index (χ1n) is 11.7. The average molecular weight is 532 g/mol. The Balaban J connectivity index is 1.16. The molecule has 0 unspecified atom stereocenters. The number of halogens is 1. The molecule has 1 atom stereocenters. The summed E-state index contributed by atoms with van der Waals surface area (Å²) in [5.41, 5.74) is 0.756. The Morgan fingerprint density at radius 1 is 1.22 bits per heavy atom. The molecule has 3 aromatic rings. The molecule has 0 radical (unpaired) electrons. The van der Waals surface area contributed by atoms with E-state index in [4.69, 9.17) is 0 Å². The lowest BCUT2D eigenvalue weighted by molar-refractivity contribution is -0.122. The number of hydrogen-bond donors (Lipinski definition) is 3. The molecule has 1 saturated carbocycles. The minimum Gasteiger partial charge on any atom is -0.368 e. The maximum atomic E-state index is 14.3. The van der Waals surface area contributed by atoms with E-state index in [-0.39, 0.29) is 41.7 Å². The molecule has 13 heteroatoms. The third-order valence-corrected chi connectivity index (χ3v) is 9.28. The van der Waals surface area contributed by atoms with Gasteiger partial charge in [-0.2, -0.15) is 0 Å². The van der Waals surface area contributed by atoms with Gasteiger partial charge >= 0.3 is 0 Å². The third-order valence-electron chi connectivity index (χ3n) is 6.59. The summed E-state index contributed by atoms with van der Waals surface area (Å²) in [7, 11) is -3.20. The van der Waals surface area contributed by atoms with E-state index in [1.54, 1.807) is 18.5 Å². The highest BCUT2D eigenvalue weighted by molar-refractivity contribution is 7.91. The Bertz CT molecular complexity index is 1340. The standard InChI is InChI=1S/C23H26FN7O3S2/c24-16-3-1-8-26-20(16)23(6-2-7-23)14-29-19-5-4-17(30-31-19)22-28-12-15(35-22)11-27-21(32)18-13-36(33,34)10-9-25-18/h1,3-5,8,12,18,25H,2,6-7,9-11,13-14H2,(H,27,32)(H,29,31)/t18-/m1/s1. The molecule has 3 aromatic heterocycles. The van der Waals surface area contributed by atoms with E-state index in [0.29, 0.717) is 28.8 Å². The average Bonchev–Trinajstić information content (AvgIpc) is 3.32. The van der Waals surface area contributed by atoms with Crippen LogP contribution in [-0.2, 0) is 26.6 Å². The van der Waals surface area contributed by atoms with Crippen molar-refractivity contribution in [3.8, 4) is 10.7 Å². The van der Waals surface area contributed by atoms with Crippen LogP contribution in [0.15, 0.2) is 36.7 Å². The van der Waals surface area contributed by atoms with Crippen LogP contribution < -0.4 is 16.0 Å². The number of carbonyl (C=O) groups is 1. The van der Waals surface area contributed by atoms with E-state index in [2.05, 4.69) is 36.1 Å². The fraction of sp³-hybridized carbons (Fsp3) is 0.435. The fourth-order valence-corrected chi connectivity index (χ4v) is 6.63. The summed E-state index contributed by atoms with van der Waals surface area (Å²) in [6, 6.07) is 5.92. The van der Waals surface area contributed by atoms with Crippen molar-refractivity contribution in [1.82, 2.24) is 30.8 Å². The van der Waals surface area contributed by atoms with Crippen molar-refractivity contribution in [2.75, 3.05) is 29.9 Å². The van der Waals surface area contributed by atoms with Crippen LogP contribution in [0.25, 0.3) is 10.7 Å². The van der Waals surface area contributed by atoms with Crippen LogP contribution in [0.1, 0.15) is 29.8 Å². The van der Waals surface area contributed by atoms with Gasteiger partial charge in [0.25, 0.3) is 0 Å². The first kappa shape index (κ1) is 24.7. The fourth-order valence-electron chi connectivity index (χ4n) is 4.44. The van der Waals surface area contributed by atoms with Crippen LogP contribution in [0, 0.1) is 5.82 Å². The number of hydrogen-bond acceptors (Lipinski definition) is 10. The predicted octanol–water partition coefficient (Wildman–Crippen LogP) is 1.67. The second-order valence-corrected chi connectivity index (χ2v) is 12.4. The molecule has 2 fully saturated rings. The maximum absolute atomic E-state index is 14.3. The normalized spacial score (nSPS) is 20.3. The Kier molecular flexibility index (Phi) is 6.95. The minimum absolute atomic E-state index is 0.0496. The highest BCUT2D eigenvalue weighted by Crippen LogP contribution is 2.43. The van der Waals surface area contributed by atoms with E-state index < -0.39 is 15.9 Å². The van der Waals surface area contributed by atoms with Gasteiger partial charge in [-0.25, -0.2) is 17.8 Å². The molecule has 0 spiro atoms. The van der Waals surface area contributed by atoms with E-state index in [9.17, 15) is 17.6 Å². The van der Waals surface area contributed by atoms with Gasteiger partial charge in [0.2, 0.25) is 5.91 Å². The quantitative estimate of drug-likeness (QED) is 0.396. The summed E-state index contributed by atoms with van der Waals surface area (Å²) in [6.45, 7) is 1.04. The molecule has 1 aliphatic carbocycles. The summed E-state index contributed by atoms with van der Waals surface area (Å²) in [4.78, 5) is 21.8. The van der Waals surface area contributed by atoms with Crippen molar-refractivity contribution in [3.05, 3.63) is 53.0 Å². The lowest BCUT2D eigenvalue weighted by Crippen LogP contribution is -2.53. The third kappa shape index (κ3) is 5.37. The number of nitrogens with one attached hydrogen (secondary N) is 3. The highest BCUT2D eigenvalue weighted by Gasteiger charge is 2.41. The number of carbonyl (C=O) groups excluding carboxylic acids is 1. The van der Waals surface area contributed by atoms with Crippen molar-refractivity contribution < 1.29 is 17.6 Å². The number of amides is 1. The lowest BCUT2D eigenvalue weighted by atomic mass is 9.66. The summed E-state index contributed by atoms with van der Waals surface area (Å²) in [5, 5.41) is 18.1. The molecule has 2 aliphatic rings. The molecular formula is C23H26FN7O3S2. The largest absolute Gasteiger partial charge is 0.368 e. The lowest BCUT2D eigenvalue weighted by Gasteiger charge is -2.41. The molecule has 1 aliphatic heterocycles. The van der Waals surface area contributed by atoms with Crippen LogP contribution in [-0.4, -0.2) is 65.1 Å². The van der Waals surface area contributed by atoms with Gasteiger partial charge in [0.15, 0.2) is 9.84 Å². The van der Waals surface area contributed by atoms with Crippen molar-refractivity contribution in [3.63, 3.8) is 0 Å². The summed E-state index contributed by atoms with van der Waals surface area (Å²) in [6.07, 6.45) is 6.04. The zero-order chi connectivity index (χ0) is 25.2. The highest BCUT2D eigenvalue weighted by atomic mass is 32.2. The Morgan fingerprint density at radius 2 is 2.08 bits per heavy atom. The molecule has 5 rings (SSSR count). The minimum atomic E-state index is -3.20. The van der Waals surface area contributed by atoms with Gasteiger partial charge < -0.3 is 16.0 Å². The molecule has 36 heavy (non-hydrogen) atoms. The maximum Gasteiger partial charge on any atom is 0.238 e. The summed E-state index contributed by atoms with van der Waals surface area (Å²) < 4.78 is 37.8. The van der Waals surface area contributed by atoms with E-state index >= 15 is 0 Å². The number of pyridine rings is 1. The van der Waals surface area contributed by atoms with E-state index in [1.165, 1.54) is 17.4 Å². The van der Waals surface area contributed by atoms with Gasteiger partial charge in [-0.1, -0.05) is 6.42 Å². The Morgan fingerprint density at radius 3 is 2.78 bits per heavy atom.